The number of hydrogen-bond acceptors (Lipinski definition) is 3. The number of amides is 2. The van der Waals surface area contributed by atoms with Crippen molar-refractivity contribution in [3.63, 3.8) is 0 Å². The van der Waals surface area contributed by atoms with Crippen LogP contribution in [-0.2, 0) is 9.59 Å². The van der Waals surface area contributed by atoms with Crippen molar-refractivity contribution in [2.24, 2.45) is 11.8 Å². The van der Waals surface area contributed by atoms with Gasteiger partial charge in [-0.2, -0.15) is 0 Å². The number of nitrogens with zero attached hydrogens (tertiary/aromatic N) is 1. The van der Waals surface area contributed by atoms with E-state index in [9.17, 15) is 9.59 Å². The average molecular weight is 358 g/mol. The van der Waals surface area contributed by atoms with Crippen LogP contribution in [-0.4, -0.2) is 35.4 Å². The van der Waals surface area contributed by atoms with E-state index in [1.54, 1.807) is 0 Å². The third kappa shape index (κ3) is 4.37. The molecule has 1 aromatic carbocycles. The van der Waals surface area contributed by atoms with Gasteiger partial charge in [0.2, 0.25) is 11.8 Å². The van der Waals surface area contributed by atoms with Crippen molar-refractivity contribution in [2.45, 2.75) is 65.0 Å². The van der Waals surface area contributed by atoms with E-state index in [1.807, 2.05) is 43.0 Å². The van der Waals surface area contributed by atoms with E-state index in [2.05, 4.69) is 12.2 Å². The molecule has 3 unspecified atom stereocenters. The molecular weight excluding hydrogens is 328 g/mol. The summed E-state index contributed by atoms with van der Waals surface area (Å²) in [5.41, 5.74) is 0.744. The molecule has 2 amide bonds. The molecular formula is C21H30N2O3. The Balaban J connectivity index is 1.53. The molecule has 0 spiro atoms. The summed E-state index contributed by atoms with van der Waals surface area (Å²) in [5.74, 6) is 0.593. The maximum atomic E-state index is 12.8. The predicted octanol–water partition coefficient (Wildman–Crippen LogP) is 3.84. The maximum Gasteiger partial charge on any atom is 0.228 e. The fourth-order valence-electron chi connectivity index (χ4n) is 3.81. The molecule has 0 radical (unpaired) electrons. The van der Waals surface area contributed by atoms with Crippen LogP contribution in [0.15, 0.2) is 24.3 Å². The van der Waals surface area contributed by atoms with Crippen molar-refractivity contribution < 1.29 is 14.3 Å². The molecule has 0 bridgehead atoms. The highest BCUT2D eigenvalue weighted by atomic mass is 16.5. The number of piperidine rings is 1. The molecule has 0 aromatic heterocycles. The highest BCUT2D eigenvalue weighted by Gasteiger charge is 2.50. The van der Waals surface area contributed by atoms with E-state index in [4.69, 9.17) is 4.74 Å². The van der Waals surface area contributed by atoms with E-state index >= 15 is 0 Å². The zero-order chi connectivity index (χ0) is 18.7. The summed E-state index contributed by atoms with van der Waals surface area (Å²) in [5, 5.41) is 2.93. The van der Waals surface area contributed by atoms with Crippen LogP contribution in [0.2, 0.25) is 0 Å². The predicted molar refractivity (Wildman–Crippen MR) is 102 cm³/mol. The van der Waals surface area contributed by atoms with E-state index in [0.717, 1.165) is 37.2 Å². The van der Waals surface area contributed by atoms with E-state index < -0.39 is 0 Å². The monoisotopic (exact) mass is 358 g/mol. The molecule has 1 saturated carbocycles. The van der Waals surface area contributed by atoms with Crippen LogP contribution in [0, 0.1) is 11.8 Å². The van der Waals surface area contributed by atoms with Gasteiger partial charge < -0.3 is 15.0 Å². The molecule has 26 heavy (non-hydrogen) atoms. The lowest BCUT2D eigenvalue weighted by molar-refractivity contribution is -0.137. The molecule has 5 heteroatoms. The number of carbonyl (C=O) groups is 2. The Morgan fingerprint density at radius 1 is 1.19 bits per heavy atom. The van der Waals surface area contributed by atoms with Gasteiger partial charge in [0, 0.05) is 18.3 Å². The van der Waals surface area contributed by atoms with Gasteiger partial charge in [-0.15, -0.1) is 0 Å². The van der Waals surface area contributed by atoms with E-state index in [-0.39, 0.29) is 29.8 Å². The molecule has 1 aromatic rings. The van der Waals surface area contributed by atoms with Crippen LogP contribution in [0.3, 0.4) is 0 Å². The van der Waals surface area contributed by atoms with Crippen molar-refractivity contribution in [1.82, 2.24) is 4.90 Å². The summed E-state index contributed by atoms with van der Waals surface area (Å²) < 4.78 is 5.61. The summed E-state index contributed by atoms with van der Waals surface area (Å²) in [4.78, 5) is 27.3. The number of hydrogen-bond donors (Lipinski definition) is 1. The van der Waals surface area contributed by atoms with Gasteiger partial charge in [0.25, 0.3) is 0 Å². The highest BCUT2D eigenvalue weighted by molar-refractivity contribution is 5.99. The lowest BCUT2D eigenvalue weighted by Crippen LogP contribution is -2.44. The Morgan fingerprint density at radius 2 is 1.92 bits per heavy atom. The lowest BCUT2D eigenvalue weighted by atomic mass is 9.99. The third-order valence-electron chi connectivity index (χ3n) is 5.32. The fourth-order valence-corrected chi connectivity index (χ4v) is 3.81. The largest absolute Gasteiger partial charge is 0.491 e. The van der Waals surface area contributed by atoms with Crippen molar-refractivity contribution in [2.75, 3.05) is 11.9 Å². The molecule has 1 aliphatic heterocycles. The number of carbonyl (C=O) groups excluding carboxylic acids is 2. The van der Waals surface area contributed by atoms with Crippen molar-refractivity contribution in [1.29, 1.82) is 0 Å². The minimum absolute atomic E-state index is 0.0501. The van der Waals surface area contributed by atoms with Gasteiger partial charge in [0.05, 0.1) is 17.9 Å². The Morgan fingerprint density at radius 3 is 2.58 bits per heavy atom. The smallest absolute Gasteiger partial charge is 0.228 e. The first kappa shape index (κ1) is 18.7. The van der Waals surface area contributed by atoms with Crippen LogP contribution in [0.25, 0.3) is 0 Å². The van der Waals surface area contributed by atoms with Gasteiger partial charge in [0.1, 0.15) is 5.75 Å². The molecule has 142 valence electrons. The van der Waals surface area contributed by atoms with Crippen LogP contribution in [0.1, 0.15) is 52.9 Å². The first-order valence-corrected chi connectivity index (χ1v) is 9.87. The Labute approximate surface area is 156 Å². The molecule has 5 nitrogen and oxygen atoms in total. The van der Waals surface area contributed by atoms with E-state index in [0.29, 0.717) is 12.5 Å². The number of ether oxygens (including phenoxy) is 1. The topological polar surface area (TPSA) is 58.6 Å². The minimum Gasteiger partial charge on any atom is -0.491 e. The van der Waals surface area contributed by atoms with Gasteiger partial charge in [-0.05, 0) is 70.2 Å². The second kappa shape index (κ2) is 8.11. The number of nitrogens with one attached hydrogen (secondary N) is 1. The van der Waals surface area contributed by atoms with Gasteiger partial charge in [-0.25, -0.2) is 0 Å². The minimum atomic E-state index is -0.187. The van der Waals surface area contributed by atoms with Crippen molar-refractivity contribution >= 4 is 17.5 Å². The molecule has 2 aliphatic rings. The molecule has 1 saturated heterocycles. The summed E-state index contributed by atoms with van der Waals surface area (Å²) in [6, 6.07) is 7.74. The fraction of sp³-hybridized carbons (Fsp3) is 0.619. The Kier molecular flexibility index (Phi) is 5.84. The molecule has 1 aliphatic carbocycles. The number of likely N-dealkylation sites (tertiary alicyclic amines) is 1. The third-order valence-corrected chi connectivity index (χ3v) is 5.32. The first-order valence-electron chi connectivity index (χ1n) is 9.87. The van der Waals surface area contributed by atoms with Gasteiger partial charge in [-0.1, -0.05) is 6.92 Å². The number of benzene rings is 1. The summed E-state index contributed by atoms with van der Waals surface area (Å²) in [7, 11) is 0. The zero-order valence-corrected chi connectivity index (χ0v) is 16.0. The second-order valence-electron chi connectivity index (χ2n) is 7.72. The number of anilines is 1. The van der Waals surface area contributed by atoms with Crippen LogP contribution in [0.4, 0.5) is 5.69 Å². The van der Waals surface area contributed by atoms with E-state index in [1.165, 1.54) is 6.42 Å². The highest BCUT2D eigenvalue weighted by Crippen LogP contribution is 2.42. The summed E-state index contributed by atoms with van der Waals surface area (Å²) >= 11 is 0. The second-order valence-corrected chi connectivity index (χ2v) is 7.72. The van der Waals surface area contributed by atoms with Gasteiger partial charge in [-0.3, -0.25) is 9.59 Å². The Hall–Kier alpha value is -2.04. The van der Waals surface area contributed by atoms with Gasteiger partial charge in [0.15, 0.2) is 0 Å². The summed E-state index contributed by atoms with van der Waals surface area (Å²) in [6.07, 6.45) is 5.17. The molecule has 3 atom stereocenters. The zero-order valence-electron chi connectivity index (χ0n) is 16.0. The molecule has 3 rings (SSSR count). The average Bonchev–Trinajstić information content (AvgIpc) is 3.43. The molecule has 1 heterocycles. The first-order chi connectivity index (χ1) is 12.5. The van der Waals surface area contributed by atoms with Crippen LogP contribution in [0.5, 0.6) is 5.75 Å². The van der Waals surface area contributed by atoms with Crippen LogP contribution >= 0.6 is 0 Å². The molecule has 1 N–H and O–H groups in total. The summed E-state index contributed by atoms with van der Waals surface area (Å²) in [6.45, 7) is 6.94. The van der Waals surface area contributed by atoms with Crippen molar-refractivity contribution in [3.05, 3.63) is 24.3 Å². The van der Waals surface area contributed by atoms with Crippen LogP contribution < -0.4 is 10.1 Å². The van der Waals surface area contributed by atoms with Gasteiger partial charge >= 0.3 is 0 Å². The standard InChI is InChI=1S/C21H30N2O3/c1-4-16-7-5-6-12-23(16)21(25)19-13-18(19)20(24)22-15-8-10-17(11-9-15)26-14(2)3/h8-11,14,16,18-19H,4-7,12-13H2,1-3H3,(H,22,24). The Bertz CT molecular complexity index is 641. The molecule has 2 fully saturated rings. The quantitative estimate of drug-likeness (QED) is 0.840. The SMILES string of the molecule is CCC1CCCCN1C(=O)C1CC1C(=O)Nc1ccc(OC(C)C)cc1. The maximum absolute atomic E-state index is 12.8. The number of rotatable bonds is 6. The van der Waals surface area contributed by atoms with Crippen molar-refractivity contribution in [3.8, 4) is 5.75 Å². The lowest BCUT2D eigenvalue weighted by Gasteiger charge is -2.35. The normalized spacial score (nSPS) is 25.1.